The lowest BCUT2D eigenvalue weighted by atomic mass is 10.0. The molecule has 2 aromatic rings. The summed E-state index contributed by atoms with van der Waals surface area (Å²) >= 11 is 0. The van der Waals surface area contributed by atoms with Crippen molar-refractivity contribution < 1.29 is 8.78 Å². The van der Waals surface area contributed by atoms with Crippen LogP contribution >= 0.6 is 12.4 Å². The fraction of sp³-hybridized carbons (Fsp3) is 0.353. The first-order chi connectivity index (χ1) is 10.5. The van der Waals surface area contributed by atoms with Gasteiger partial charge in [0.2, 0.25) is 0 Å². The van der Waals surface area contributed by atoms with Gasteiger partial charge < -0.3 is 10.6 Å². The van der Waals surface area contributed by atoms with Gasteiger partial charge in [-0.2, -0.15) is 0 Å². The van der Waals surface area contributed by atoms with Gasteiger partial charge in [0, 0.05) is 12.2 Å². The fourth-order valence-corrected chi connectivity index (χ4v) is 2.29. The van der Waals surface area contributed by atoms with Gasteiger partial charge in [-0.3, -0.25) is 0 Å². The van der Waals surface area contributed by atoms with E-state index in [0.29, 0.717) is 30.6 Å². The van der Waals surface area contributed by atoms with E-state index >= 15 is 0 Å². The van der Waals surface area contributed by atoms with Crippen LogP contribution in [0.15, 0.2) is 30.3 Å². The monoisotopic (exact) mass is 341 g/mol. The maximum Gasteiger partial charge on any atom is 0.162 e. The van der Waals surface area contributed by atoms with Gasteiger partial charge in [-0.05, 0) is 62.7 Å². The molecule has 0 unspecified atom stereocenters. The number of likely N-dealkylation sites (N-methyl/N-ethyl adjacent to an activating group) is 1. The van der Waals surface area contributed by atoms with E-state index in [1.807, 2.05) is 31.1 Å². The summed E-state index contributed by atoms with van der Waals surface area (Å²) in [5.74, 6) is -1.12. The van der Waals surface area contributed by atoms with E-state index in [0.717, 1.165) is 17.8 Å². The smallest absolute Gasteiger partial charge is 0.162 e. The molecule has 126 valence electrons. The summed E-state index contributed by atoms with van der Waals surface area (Å²) in [5, 5.41) is 0. The molecule has 0 atom stereocenters. The molecule has 0 aliphatic rings. The number of nitrogens with zero attached hydrogens (tertiary/aromatic N) is 2. The minimum Gasteiger partial charge on any atom is -0.384 e. The van der Waals surface area contributed by atoms with Gasteiger partial charge in [-0.1, -0.05) is 12.1 Å². The Kier molecular flexibility index (Phi) is 7.39. The van der Waals surface area contributed by atoms with Crippen molar-refractivity contribution in [3.63, 3.8) is 0 Å². The van der Waals surface area contributed by atoms with Gasteiger partial charge in [-0.15, -0.1) is 12.4 Å². The predicted molar refractivity (Wildman–Crippen MR) is 91.9 cm³/mol. The number of hydrogen-bond donors (Lipinski definition) is 1. The third-order valence-electron chi connectivity index (χ3n) is 3.49. The van der Waals surface area contributed by atoms with Crippen molar-refractivity contribution in [1.82, 2.24) is 9.88 Å². The number of halogens is 3. The molecule has 3 nitrogen and oxygen atoms in total. The van der Waals surface area contributed by atoms with Crippen LogP contribution in [-0.2, 0) is 19.3 Å². The lowest BCUT2D eigenvalue weighted by Crippen LogP contribution is -2.15. The maximum atomic E-state index is 13.9. The molecule has 2 rings (SSSR count). The fourth-order valence-electron chi connectivity index (χ4n) is 2.29. The Labute approximate surface area is 141 Å². The van der Waals surface area contributed by atoms with E-state index in [4.69, 9.17) is 5.73 Å². The second-order valence-corrected chi connectivity index (χ2v) is 5.66. The van der Waals surface area contributed by atoms with Crippen molar-refractivity contribution in [1.29, 1.82) is 0 Å². The number of anilines is 1. The number of nitrogen functional groups attached to an aromatic ring is 1. The highest BCUT2D eigenvalue weighted by Gasteiger charge is 2.11. The molecule has 1 aromatic carbocycles. The summed E-state index contributed by atoms with van der Waals surface area (Å²) in [6, 6.07) is 8.36. The Hall–Kier alpha value is -1.72. The van der Waals surface area contributed by atoms with Crippen molar-refractivity contribution in [3.8, 4) is 0 Å². The zero-order chi connectivity index (χ0) is 16.1. The average Bonchev–Trinajstić information content (AvgIpc) is 2.47. The van der Waals surface area contributed by atoms with Crippen LogP contribution in [0, 0.1) is 11.6 Å². The SMILES string of the molecule is CN(C)CCc1cc(F)c(F)c(CCc2cccc(N)n2)c1.Cl. The van der Waals surface area contributed by atoms with Crippen molar-refractivity contribution in [2.45, 2.75) is 19.3 Å². The summed E-state index contributed by atoms with van der Waals surface area (Å²) in [4.78, 5) is 6.19. The van der Waals surface area contributed by atoms with Gasteiger partial charge in [0.15, 0.2) is 11.6 Å². The van der Waals surface area contributed by atoms with E-state index in [-0.39, 0.29) is 12.4 Å². The number of aromatic nitrogens is 1. The Morgan fingerprint density at radius 2 is 1.83 bits per heavy atom. The number of rotatable bonds is 6. The normalized spacial score (nSPS) is 10.7. The highest BCUT2D eigenvalue weighted by Crippen LogP contribution is 2.18. The zero-order valence-corrected chi connectivity index (χ0v) is 14.2. The molecule has 0 radical (unpaired) electrons. The zero-order valence-electron chi connectivity index (χ0n) is 13.4. The summed E-state index contributed by atoms with van der Waals surface area (Å²) < 4.78 is 27.7. The molecular formula is C17H22ClF2N3. The van der Waals surface area contributed by atoms with Crippen molar-refractivity contribution in [2.75, 3.05) is 26.4 Å². The molecule has 23 heavy (non-hydrogen) atoms. The largest absolute Gasteiger partial charge is 0.384 e. The summed E-state index contributed by atoms with van der Waals surface area (Å²) in [6.45, 7) is 0.793. The van der Waals surface area contributed by atoms with Gasteiger partial charge >= 0.3 is 0 Å². The maximum absolute atomic E-state index is 13.9. The number of hydrogen-bond acceptors (Lipinski definition) is 3. The molecule has 0 aliphatic carbocycles. The summed E-state index contributed by atoms with van der Waals surface area (Å²) in [7, 11) is 3.90. The van der Waals surface area contributed by atoms with Crippen LogP contribution in [-0.4, -0.2) is 30.5 Å². The molecule has 6 heteroatoms. The Balaban J connectivity index is 0.00000264. The molecule has 0 amide bonds. The van der Waals surface area contributed by atoms with Gasteiger partial charge in [0.25, 0.3) is 0 Å². The highest BCUT2D eigenvalue weighted by atomic mass is 35.5. The summed E-state index contributed by atoms with van der Waals surface area (Å²) in [5.41, 5.74) is 7.60. The molecular weight excluding hydrogens is 320 g/mol. The van der Waals surface area contributed by atoms with Crippen molar-refractivity contribution in [3.05, 3.63) is 58.8 Å². The second-order valence-electron chi connectivity index (χ2n) is 5.66. The minimum atomic E-state index is -0.785. The van der Waals surface area contributed by atoms with E-state index < -0.39 is 11.6 Å². The highest BCUT2D eigenvalue weighted by molar-refractivity contribution is 5.85. The molecule has 1 heterocycles. The first-order valence-electron chi connectivity index (χ1n) is 7.28. The van der Waals surface area contributed by atoms with E-state index in [1.165, 1.54) is 6.07 Å². The molecule has 0 aliphatic heterocycles. The topological polar surface area (TPSA) is 42.1 Å². The van der Waals surface area contributed by atoms with Crippen molar-refractivity contribution >= 4 is 18.2 Å². The lowest BCUT2D eigenvalue weighted by Gasteiger charge is -2.11. The quantitative estimate of drug-likeness (QED) is 0.877. The Morgan fingerprint density at radius 1 is 1.09 bits per heavy atom. The minimum absolute atomic E-state index is 0. The van der Waals surface area contributed by atoms with Crippen LogP contribution in [0.5, 0.6) is 0 Å². The second kappa shape index (κ2) is 8.79. The molecule has 1 aromatic heterocycles. The average molecular weight is 342 g/mol. The number of aryl methyl sites for hydroxylation is 2. The third kappa shape index (κ3) is 5.77. The van der Waals surface area contributed by atoms with Crippen LogP contribution in [0.1, 0.15) is 16.8 Å². The van der Waals surface area contributed by atoms with Gasteiger partial charge in [-0.25, -0.2) is 13.8 Å². The number of pyridine rings is 1. The standard InChI is InChI=1S/C17H21F2N3.ClH/c1-22(2)9-8-12-10-13(17(19)15(18)11-12)6-7-14-4-3-5-16(20)21-14;/h3-5,10-11H,6-9H2,1-2H3,(H2,20,21);1H. The molecule has 0 spiro atoms. The van der Waals surface area contributed by atoms with Gasteiger partial charge in [0.1, 0.15) is 5.82 Å². The molecule has 2 N–H and O–H groups in total. The van der Waals surface area contributed by atoms with E-state index in [9.17, 15) is 8.78 Å². The van der Waals surface area contributed by atoms with Crippen LogP contribution < -0.4 is 5.73 Å². The van der Waals surface area contributed by atoms with Crippen LogP contribution in [0.4, 0.5) is 14.6 Å². The molecule has 0 fully saturated rings. The first-order valence-corrected chi connectivity index (χ1v) is 7.28. The number of nitrogens with two attached hydrogens (primary N) is 1. The van der Waals surface area contributed by atoms with Crippen LogP contribution in [0.2, 0.25) is 0 Å². The molecule has 0 saturated heterocycles. The number of benzene rings is 1. The molecule has 0 bridgehead atoms. The Morgan fingerprint density at radius 3 is 2.48 bits per heavy atom. The van der Waals surface area contributed by atoms with Crippen LogP contribution in [0.3, 0.4) is 0 Å². The van der Waals surface area contributed by atoms with Gasteiger partial charge in [0.05, 0.1) is 0 Å². The predicted octanol–water partition coefficient (Wildman–Crippen LogP) is 3.25. The van der Waals surface area contributed by atoms with E-state index in [1.54, 1.807) is 12.1 Å². The first kappa shape index (κ1) is 19.3. The summed E-state index contributed by atoms with van der Waals surface area (Å²) in [6.07, 6.45) is 1.61. The van der Waals surface area contributed by atoms with E-state index in [2.05, 4.69) is 4.98 Å². The molecule has 0 saturated carbocycles. The van der Waals surface area contributed by atoms with Crippen LogP contribution in [0.25, 0.3) is 0 Å². The third-order valence-corrected chi connectivity index (χ3v) is 3.49. The lowest BCUT2D eigenvalue weighted by molar-refractivity contribution is 0.412. The van der Waals surface area contributed by atoms with Crippen molar-refractivity contribution in [2.24, 2.45) is 0 Å². The Bertz CT molecular complexity index is 648.